The van der Waals surface area contributed by atoms with Crippen molar-refractivity contribution in [3.63, 3.8) is 0 Å². The highest BCUT2D eigenvalue weighted by atomic mass is 16.5. The lowest BCUT2D eigenvalue weighted by atomic mass is 9.91. The van der Waals surface area contributed by atoms with E-state index < -0.39 is 5.54 Å². The topological polar surface area (TPSA) is 58.6 Å². The first-order chi connectivity index (χ1) is 7.22. The van der Waals surface area contributed by atoms with E-state index in [0.29, 0.717) is 38.9 Å². The number of rotatable bonds is 4. The van der Waals surface area contributed by atoms with Gasteiger partial charge in [-0.3, -0.25) is 4.79 Å². The summed E-state index contributed by atoms with van der Waals surface area (Å²) < 4.78 is 5.19. The Bertz CT molecular complexity index is 251. The second-order valence-corrected chi connectivity index (χ2v) is 3.80. The van der Waals surface area contributed by atoms with Crippen LogP contribution in [0.4, 0.5) is 0 Å². The van der Waals surface area contributed by atoms with Crippen LogP contribution in [-0.4, -0.2) is 36.4 Å². The lowest BCUT2D eigenvalue weighted by Crippen LogP contribution is -2.54. The van der Waals surface area contributed by atoms with Crippen molar-refractivity contribution >= 4 is 5.91 Å². The molecule has 1 saturated heterocycles. The summed E-state index contributed by atoms with van der Waals surface area (Å²) in [5.74, 6) is 2.32. The monoisotopic (exact) mass is 211 g/mol. The predicted molar refractivity (Wildman–Crippen MR) is 56.1 cm³/mol. The highest BCUT2D eigenvalue weighted by Crippen LogP contribution is 2.20. The Morgan fingerprint density at radius 2 is 2.20 bits per heavy atom. The molecule has 1 heterocycles. The molecule has 0 unspecified atom stereocenters. The summed E-state index contributed by atoms with van der Waals surface area (Å²) >= 11 is 0. The molecule has 4 nitrogen and oxygen atoms in total. The number of carbonyl (C=O) groups excluding carboxylic acids is 1. The van der Waals surface area contributed by atoms with Crippen LogP contribution in [0, 0.1) is 12.3 Å². The molecule has 15 heavy (non-hydrogen) atoms. The molecule has 0 aromatic rings. The molecule has 0 aliphatic carbocycles. The summed E-state index contributed by atoms with van der Waals surface area (Å²) in [4.78, 5) is 11.5. The third kappa shape index (κ3) is 3.54. The minimum atomic E-state index is -0.496. The SMILES string of the molecule is C#CCCC(=O)NC1(CO)CCOCC1. The normalized spacial score (nSPS) is 19.2. The Hall–Kier alpha value is -1.05. The van der Waals surface area contributed by atoms with E-state index in [9.17, 15) is 9.90 Å². The second kappa shape index (κ2) is 5.74. The molecule has 1 fully saturated rings. The van der Waals surface area contributed by atoms with E-state index in [1.165, 1.54) is 0 Å². The van der Waals surface area contributed by atoms with Crippen molar-refractivity contribution in [3.8, 4) is 12.3 Å². The highest BCUT2D eigenvalue weighted by molar-refractivity contribution is 5.77. The fraction of sp³-hybridized carbons (Fsp3) is 0.727. The van der Waals surface area contributed by atoms with Gasteiger partial charge in [0.15, 0.2) is 0 Å². The Kier molecular flexibility index (Phi) is 4.60. The maximum atomic E-state index is 11.5. The molecule has 0 spiro atoms. The molecule has 0 radical (unpaired) electrons. The molecule has 0 bridgehead atoms. The van der Waals surface area contributed by atoms with Crippen LogP contribution in [-0.2, 0) is 9.53 Å². The molecule has 84 valence electrons. The highest BCUT2D eigenvalue weighted by Gasteiger charge is 2.33. The predicted octanol–water partition coefficient (Wildman–Crippen LogP) is 0.0575. The van der Waals surface area contributed by atoms with E-state index in [1.54, 1.807) is 0 Å². The molecule has 1 rings (SSSR count). The molecule has 4 heteroatoms. The average molecular weight is 211 g/mol. The van der Waals surface area contributed by atoms with Gasteiger partial charge in [0, 0.05) is 26.1 Å². The molecular formula is C11H17NO3. The van der Waals surface area contributed by atoms with Gasteiger partial charge in [0.2, 0.25) is 5.91 Å². The fourth-order valence-electron chi connectivity index (χ4n) is 1.63. The van der Waals surface area contributed by atoms with Gasteiger partial charge in [-0.2, -0.15) is 0 Å². The van der Waals surface area contributed by atoms with Crippen molar-refractivity contribution in [2.24, 2.45) is 0 Å². The first-order valence-corrected chi connectivity index (χ1v) is 5.15. The number of ether oxygens (including phenoxy) is 1. The largest absolute Gasteiger partial charge is 0.394 e. The van der Waals surface area contributed by atoms with Crippen molar-refractivity contribution in [1.82, 2.24) is 5.32 Å². The molecule has 0 aromatic carbocycles. The van der Waals surface area contributed by atoms with Gasteiger partial charge in [-0.1, -0.05) is 0 Å². The molecule has 1 amide bonds. The van der Waals surface area contributed by atoms with Crippen LogP contribution in [0.3, 0.4) is 0 Å². The zero-order valence-corrected chi connectivity index (χ0v) is 8.79. The van der Waals surface area contributed by atoms with Crippen LogP contribution in [0.2, 0.25) is 0 Å². The van der Waals surface area contributed by atoms with Gasteiger partial charge in [0.1, 0.15) is 0 Å². The quantitative estimate of drug-likeness (QED) is 0.646. The van der Waals surface area contributed by atoms with Crippen molar-refractivity contribution < 1.29 is 14.6 Å². The molecule has 0 saturated carbocycles. The van der Waals surface area contributed by atoms with Crippen LogP contribution in [0.15, 0.2) is 0 Å². The minimum absolute atomic E-state index is 0.0435. The van der Waals surface area contributed by atoms with Crippen LogP contribution in [0.25, 0.3) is 0 Å². The molecule has 0 atom stereocenters. The van der Waals surface area contributed by atoms with Crippen LogP contribution in [0.1, 0.15) is 25.7 Å². The molecule has 1 aliphatic heterocycles. The van der Waals surface area contributed by atoms with E-state index >= 15 is 0 Å². The van der Waals surface area contributed by atoms with E-state index in [2.05, 4.69) is 11.2 Å². The summed E-state index contributed by atoms with van der Waals surface area (Å²) in [6, 6.07) is 0. The van der Waals surface area contributed by atoms with Gasteiger partial charge in [0.25, 0.3) is 0 Å². The van der Waals surface area contributed by atoms with Crippen molar-refractivity contribution in [1.29, 1.82) is 0 Å². The molecule has 0 aromatic heterocycles. The van der Waals surface area contributed by atoms with Crippen molar-refractivity contribution in [2.75, 3.05) is 19.8 Å². The van der Waals surface area contributed by atoms with Crippen molar-refractivity contribution in [2.45, 2.75) is 31.2 Å². The number of hydrogen-bond acceptors (Lipinski definition) is 3. The lowest BCUT2D eigenvalue weighted by molar-refractivity contribution is -0.125. The zero-order valence-electron chi connectivity index (χ0n) is 8.79. The van der Waals surface area contributed by atoms with Crippen molar-refractivity contribution in [3.05, 3.63) is 0 Å². The van der Waals surface area contributed by atoms with E-state index in [1.807, 2.05) is 0 Å². The van der Waals surface area contributed by atoms with E-state index in [-0.39, 0.29) is 12.5 Å². The Balaban J connectivity index is 2.44. The Morgan fingerprint density at radius 3 is 2.73 bits per heavy atom. The number of carbonyl (C=O) groups is 1. The van der Waals surface area contributed by atoms with Crippen LogP contribution >= 0.6 is 0 Å². The number of terminal acetylenes is 1. The van der Waals surface area contributed by atoms with Gasteiger partial charge < -0.3 is 15.2 Å². The lowest BCUT2D eigenvalue weighted by Gasteiger charge is -2.36. The summed E-state index contributed by atoms with van der Waals surface area (Å²) in [5, 5.41) is 12.2. The smallest absolute Gasteiger partial charge is 0.221 e. The summed E-state index contributed by atoms with van der Waals surface area (Å²) in [7, 11) is 0. The first-order valence-electron chi connectivity index (χ1n) is 5.15. The standard InChI is InChI=1S/C11H17NO3/c1-2-3-4-10(14)12-11(9-13)5-7-15-8-6-11/h1,13H,3-9H2,(H,12,14). The minimum Gasteiger partial charge on any atom is -0.394 e. The van der Waals surface area contributed by atoms with Crippen LogP contribution < -0.4 is 5.32 Å². The summed E-state index contributed by atoms with van der Waals surface area (Å²) in [5.41, 5.74) is -0.496. The number of amides is 1. The van der Waals surface area contributed by atoms with Gasteiger partial charge in [0.05, 0.1) is 12.1 Å². The zero-order chi connectivity index (χ0) is 11.1. The fourth-order valence-corrected chi connectivity index (χ4v) is 1.63. The second-order valence-electron chi connectivity index (χ2n) is 3.80. The van der Waals surface area contributed by atoms with Crippen LogP contribution in [0.5, 0.6) is 0 Å². The maximum Gasteiger partial charge on any atom is 0.221 e. The first kappa shape index (κ1) is 12.0. The number of nitrogens with one attached hydrogen (secondary N) is 1. The number of aliphatic hydroxyl groups is 1. The number of hydrogen-bond donors (Lipinski definition) is 2. The van der Waals surface area contributed by atoms with E-state index in [4.69, 9.17) is 11.2 Å². The molecule has 1 aliphatic rings. The van der Waals surface area contributed by atoms with Gasteiger partial charge in [-0.25, -0.2) is 0 Å². The third-order valence-corrected chi connectivity index (χ3v) is 2.65. The summed E-state index contributed by atoms with van der Waals surface area (Å²) in [6.45, 7) is 1.12. The Labute approximate surface area is 90.0 Å². The average Bonchev–Trinajstić information content (AvgIpc) is 2.27. The number of aliphatic hydroxyl groups excluding tert-OH is 1. The maximum absolute atomic E-state index is 11.5. The molecule has 2 N–H and O–H groups in total. The van der Waals surface area contributed by atoms with Gasteiger partial charge in [-0.05, 0) is 12.8 Å². The summed E-state index contributed by atoms with van der Waals surface area (Å²) in [6.07, 6.45) is 7.15. The molecular weight excluding hydrogens is 194 g/mol. The van der Waals surface area contributed by atoms with Gasteiger partial charge in [-0.15, -0.1) is 12.3 Å². The third-order valence-electron chi connectivity index (χ3n) is 2.65. The van der Waals surface area contributed by atoms with E-state index in [0.717, 1.165) is 0 Å². The van der Waals surface area contributed by atoms with Gasteiger partial charge >= 0.3 is 0 Å². The Morgan fingerprint density at radius 1 is 1.53 bits per heavy atom.